The van der Waals surface area contributed by atoms with Crippen LogP contribution in [0.3, 0.4) is 0 Å². The zero-order chi connectivity index (χ0) is 17.4. The standard InChI is InChI=1S/C19H19N3O3/c1-22-16(13-6-2-3-7-14(13)21-22)10-12(11-18(23)24)19-20-15-8-4-5-9-17(15)25-19/h4-5,8-10H,2-3,6-7,11H2,1H3,(H,23,24)/b12-10+. The van der Waals surface area contributed by atoms with E-state index in [1.165, 1.54) is 5.56 Å². The first-order valence-electron chi connectivity index (χ1n) is 8.45. The van der Waals surface area contributed by atoms with E-state index < -0.39 is 5.97 Å². The van der Waals surface area contributed by atoms with Crippen LogP contribution in [0, 0.1) is 0 Å². The first-order valence-corrected chi connectivity index (χ1v) is 8.45. The number of benzene rings is 1. The topological polar surface area (TPSA) is 81.2 Å². The lowest BCUT2D eigenvalue weighted by Crippen LogP contribution is -2.02. The van der Waals surface area contributed by atoms with Crippen molar-refractivity contribution < 1.29 is 14.3 Å². The van der Waals surface area contributed by atoms with Crippen molar-refractivity contribution in [1.82, 2.24) is 14.8 Å². The molecule has 128 valence electrons. The maximum atomic E-state index is 11.4. The van der Waals surface area contributed by atoms with E-state index in [1.54, 1.807) is 0 Å². The van der Waals surface area contributed by atoms with Gasteiger partial charge in [0, 0.05) is 18.2 Å². The highest BCUT2D eigenvalue weighted by Crippen LogP contribution is 2.29. The quantitative estimate of drug-likeness (QED) is 0.788. The molecule has 3 aromatic rings. The summed E-state index contributed by atoms with van der Waals surface area (Å²) >= 11 is 0. The van der Waals surface area contributed by atoms with Gasteiger partial charge in [0.25, 0.3) is 0 Å². The molecule has 1 aromatic carbocycles. The molecule has 6 heteroatoms. The molecule has 2 heterocycles. The first kappa shape index (κ1) is 15.6. The number of oxazole rings is 1. The van der Waals surface area contributed by atoms with E-state index >= 15 is 0 Å². The molecule has 0 radical (unpaired) electrons. The van der Waals surface area contributed by atoms with Crippen LogP contribution < -0.4 is 0 Å². The number of aliphatic carboxylic acids is 1. The lowest BCUT2D eigenvalue weighted by Gasteiger charge is -2.10. The van der Waals surface area contributed by atoms with Gasteiger partial charge in [-0.1, -0.05) is 12.1 Å². The summed E-state index contributed by atoms with van der Waals surface area (Å²) in [5.41, 5.74) is 5.22. The SMILES string of the molecule is Cn1nc2c(c1/C=C(\CC(=O)O)c1nc3ccccc3o1)CCCC2. The van der Waals surface area contributed by atoms with Crippen molar-refractivity contribution in [1.29, 1.82) is 0 Å². The lowest BCUT2D eigenvalue weighted by atomic mass is 9.95. The van der Waals surface area contributed by atoms with Crippen molar-refractivity contribution in [3.8, 4) is 0 Å². The fraction of sp³-hybridized carbons (Fsp3) is 0.316. The van der Waals surface area contributed by atoms with Gasteiger partial charge < -0.3 is 9.52 Å². The number of aromatic nitrogens is 3. The molecule has 0 aliphatic heterocycles. The Morgan fingerprint density at radius 1 is 1.32 bits per heavy atom. The van der Waals surface area contributed by atoms with Crippen molar-refractivity contribution >= 4 is 28.7 Å². The summed E-state index contributed by atoms with van der Waals surface area (Å²) < 4.78 is 7.63. The lowest BCUT2D eigenvalue weighted by molar-refractivity contribution is -0.135. The molecule has 0 atom stereocenters. The highest BCUT2D eigenvalue weighted by Gasteiger charge is 2.21. The third-order valence-corrected chi connectivity index (χ3v) is 4.59. The summed E-state index contributed by atoms with van der Waals surface area (Å²) in [5.74, 6) is -0.557. The number of para-hydroxylation sites is 2. The van der Waals surface area contributed by atoms with Crippen LogP contribution in [0.1, 0.15) is 42.1 Å². The second-order valence-corrected chi connectivity index (χ2v) is 6.37. The third-order valence-electron chi connectivity index (χ3n) is 4.59. The number of fused-ring (bicyclic) bond motifs is 2. The van der Waals surface area contributed by atoms with Crippen molar-refractivity contribution in [2.75, 3.05) is 0 Å². The minimum Gasteiger partial charge on any atom is -0.481 e. The second kappa shape index (κ2) is 6.20. The first-order chi connectivity index (χ1) is 12.1. The van der Waals surface area contributed by atoms with Gasteiger partial charge in [-0.25, -0.2) is 4.98 Å². The van der Waals surface area contributed by atoms with Crippen LogP contribution in [0.2, 0.25) is 0 Å². The van der Waals surface area contributed by atoms with Gasteiger partial charge in [-0.05, 0) is 43.9 Å². The smallest absolute Gasteiger partial charge is 0.308 e. The molecule has 0 saturated carbocycles. The van der Waals surface area contributed by atoms with Crippen LogP contribution in [-0.2, 0) is 24.7 Å². The van der Waals surface area contributed by atoms with E-state index in [0.717, 1.165) is 42.6 Å². The summed E-state index contributed by atoms with van der Waals surface area (Å²) in [4.78, 5) is 15.8. The van der Waals surface area contributed by atoms with Crippen molar-refractivity contribution in [2.24, 2.45) is 7.05 Å². The molecule has 4 rings (SSSR count). The van der Waals surface area contributed by atoms with Crippen LogP contribution >= 0.6 is 0 Å². The van der Waals surface area contributed by atoms with Crippen LogP contribution in [0.25, 0.3) is 22.7 Å². The van der Waals surface area contributed by atoms with Crippen LogP contribution in [0.4, 0.5) is 0 Å². The van der Waals surface area contributed by atoms with E-state index in [0.29, 0.717) is 17.0 Å². The highest BCUT2D eigenvalue weighted by atomic mass is 16.4. The Labute approximate surface area is 144 Å². The average molecular weight is 337 g/mol. The van der Waals surface area contributed by atoms with E-state index in [4.69, 9.17) is 4.42 Å². The Bertz CT molecular complexity index is 948. The van der Waals surface area contributed by atoms with Gasteiger partial charge in [0.15, 0.2) is 5.58 Å². The summed E-state index contributed by atoms with van der Waals surface area (Å²) in [5, 5.41) is 13.9. The predicted molar refractivity (Wildman–Crippen MR) is 94.0 cm³/mol. The number of carboxylic acid groups (broad SMARTS) is 1. The Hall–Kier alpha value is -2.89. The van der Waals surface area contributed by atoms with Crippen LogP contribution in [0.15, 0.2) is 28.7 Å². The molecule has 6 nitrogen and oxygen atoms in total. The third kappa shape index (κ3) is 2.95. The van der Waals surface area contributed by atoms with E-state index in [-0.39, 0.29) is 6.42 Å². The van der Waals surface area contributed by atoms with Crippen molar-refractivity contribution in [3.63, 3.8) is 0 Å². The molecular weight excluding hydrogens is 318 g/mol. The molecule has 25 heavy (non-hydrogen) atoms. The van der Waals surface area contributed by atoms with Gasteiger partial charge >= 0.3 is 5.97 Å². The van der Waals surface area contributed by atoms with Gasteiger partial charge in [0.05, 0.1) is 17.8 Å². The molecule has 2 aromatic heterocycles. The summed E-state index contributed by atoms with van der Waals surface area (Å²) in [6.45, 7) is 0. The van der Waals surface area contributed by atoms with Crippen molar-refractivity contribution in [3.05, 3.63) is 47.1 Å². The number of hydrogen-bond donors (Lipinski definition) is 1. The Morgan fingerprint density at radius 3 is 2.92 bits per heavy atom. The van der Waals surface area contributed by atoms with Crippen LogP contribution in [0.5, 0.6) is 0 Å². The molecule has 0 fully saturated rings. The molecule has 0 bridgehead atoms. The molecule has 1 N–H and O–H groups in total. The molecule has 0 amide bonds. The molecule has 1 aliphatic rings. The highest BCUT2D eigenvalue weighted by molar-refractivity contribution is 5.91. The van der Waals surface area contributed by atoms with Gasteiger partial charge in [-0.2, -0.15) is 5.10 Å². The van der Waals surface area contributed by atoms with E-state index in [9.17, 15) is 9.90 Å². The van der Waals surface area contributed by atoms with Crippen LogP contribution in [-0.4, -0.2) is 25.8 Å². The normalized spacial score (nSPS) is 14.7. The average Bonchev–Trinajstić information content (AvgIpc) is 3.15. The fourth-order valence-corrected chi connectivity index (χ4v) is 3.41. The number of nitrogens with zero attached hydrogens (tertiary/aromatic N) is 3. The number of carbonyl (C=O) groups is 1. The van der Waals surface area contributed by atoms with E-state index in [1.807, 2.05) is 42.1 Å². The predicted octanol–water partition coefficient (Wildman–Crippen LogP) is 3.46. The van der Waals surface area contributed by atoms with Gasteiger partial charge in [0.1, 0.15) is 5.52 Å². The number of hydrogen-bond acceptors (Lipinski definition) is 4. The van der Waals surface area contributed by atoms with Gasteiger partial charge in [-0.15, -0.1) is 0 Å². The number of aryl methyl sites for hydroxylation is 2. The monoisotopic (exact) mass is 337 g/mol. The molecule has 1 aliphatic carbocycles. The number of rotatable bonds is 4. The molecule has 0 saturated heterocycles. The summed E-state index contributed by atoms with van der Waals surface area (Å²) in [6, 6.07) is 7.44. The van der Waals surface area contributed by atoms with Gasteiger partial charge in [0.2, 0.25) is 5.89 Å². The Kier molecular flexibility index (Phi) is 3.87. The maximum Gasteiger partial charge on any atom is 0.308 e. The van der Waals surface area contributed by atoms with Crippen molar-refractivity contribution in [2.45, 2.75) is 32.1 Å². The summed E-state index contributed by atoms with van der Waals surface area (Å²) in [6.07, 6.45) is 5.97. The zero-order valence-corrected chi connectivity index (χ0v) is 14.0. The molecule has 0 spiro atoms. The fourth-order valence-electron chi connectivity index (χ4n) is 3.41. The maximum absolute atomic E-state index is 11.4. The largest absolute Gasteiger partial charge is 0.481 e. The second-order valence-electron chi connectivity index (χ2n) is 6.37. The Balaban J connectivity index is 1.83. The van der Waals surface area contributed by atoms with E-state index in [2.05, 4.69) is 10.1 Å². The summed E-state index contributed by atoms with van der Waals surface area (Å²) in [7, 11) is 1.90. The van der Waals surface area contributed by atoms with Gasteiger partial charge in [-0.3, -0.25) is 9.48 Å². The molecule has 0 unspecified atom stereocenters. The zero-order valence-electron chi connectivity index (χ0n) is 14.0. The number of carboxylic acids is 1. The Morgan fingerprint density at radius 2 is 2.12 bits per heavy atom. The molecular formula is C19H19N3O3. The minimum absolute atomic E-state index is 0.146. The minimum atomic E-state index is -0.912.